The van der Waals surface area contributed by atoms with E-state index in [2.05, 4.69) is 34.3 Å². The summed E-state index contributed by atoms with van der Waals surface area (Å²) in [6.07, 6.45) is 3.32. The van der Waals surface area contributed by atoms with E-state index in [1.54, 1.807) is 23.9 Å². The third kappa shape index (κ3) is 3.78. The van der Waals surface area contributed by atoms with Crippen molar-refractivity contribution in [3.63, 3.8) is 0 Å². The van der Waals surface area contributed by atoms with Crippen molar-refractivity contribution in [2.45, 2.75) is 13.8 Å². The molecule has 0 saturated carbocycles. The number of hydrogen-bond acceptors (Lipinski definition) is 7. The summed E-state index contributed by atoms with van der Waals surface area (Å²) >= 11 is 1.67. The Kier molecular flexibility index (Phi) is 5.25. The van der Waals surface area contributed by atoms with Gasteiger partial charge < -0.3 is 10.0 Å². The van der Waals surface area contributed by atoms with Gasteiger partial charge in [0, 0.05) is 24.2 Å². The fourth-order valence-electron chi connectivity index (χ4n) is 2.53. The van der Waals surface area contributed by atoms with Gasteiger partial charge in [-0.3, -0.25) is 5.43 Å². The van der Waals surface area contributed by atoms with E-state index in [1.807, 2.05) is 36.2 Å². The van der Waals surface area contributed by atoms with Crippen molar-refractivity contribution in [1.29, 1.82) is 0 Å². The molecular formula is C18H21N5OS. The Bertz CT molecular complexity index is 888. The number of hydrogen-bond donors (Lipinski definition) is 2. The minimum atomic E-state index is 0.137. The molecule has 0 fully saturated rings. The highest BCUT2D eigenvalue weighted by atomic mass is 32.1. The lowest BCUT2D eigenvalue weighted by Crippen LogP contribution is -2.20. The van der Waals surface area contributed by atoms with E-state index >= 15 is 0 Å². The second-order valence-corrected chi connectivity index (χ2v) is 7.00. The molecule has 0 aliphatic rings. The van der Waals surface area contributed by atoms with Crippen LogP contribution in [0.3, 0.4) is 0 Å². The largest absolute Gasteiger partial charge is 0.395 e. The summed E-state index contributed by atoms with van der Waals surface area (Å²) in [7, 11) is 1.95. The SMILES string of the molecule is Cc1sc2ncnc(N/N=C/c3ccc(N(C)CCO)cc3)c2c1C. The van der Waals surface area contributed by atoms with Crippen LogP contribution in [-0.2, 0) is 0 Å². The number of thiophene rings is 1. The number of rotatable bonds is 6. The summed E-state index contributed by atoms with van der Waals surface area (Å²) in [6, 6.07) is 7.99. The van der Waals surface area contributed by atoms with Crippen LogP contribution >= 0.6 is 11.3 Å². The van der Waals surface area contributed by atoms with Gasteiger partial charge in [-0.15, -0.1) is 11.3 Å². The van der Waals surface area contributed by atoms with Gasteiger partial charge >= 0.3 is 0 Å². The predicted molar refractivity (Wildman–Crippen MR) is 105 cm³/mol. The van der Waals surface area contributed by atoms with Gasteiger partial charge in [0.05, 0.1) is 18.2 Å². The Balaban J connectivity index is 1.73. The van der Waals surface area contributed by atoms with Gasteiger partial charge in [0.1, 0.15) is 11.2 Å². The molecule has 7 heteroatoms. The summed E-state index contributed by atoms with van der Waals surface area (Å²) in [5, 5.41) is 14.3. The molecule has 0 spiro atoms. The number of nitrogens with one attached hydrogen (secondary N) is 1. The van der Waals surface area contributed by atoms with Crippen LogP contribution in [0.25, 0.3) is 10.2 Å². The van der Waals surface area contributed by atoms with E-state index in [-0.39, 0.29) is 6.61 Å². The first kappa shape index (κ1) is 17.3. The molecule has 0 saturated heterocycles. The number of anilines is 2. The summed E-state index contributed by atoms with van der Waals surface area (Å²) in [6.45, 7) is 4.91. The molecule has 6 nitrogen and oxygen atoms in total. The first-order chi connectivity index (χ1) is 12.1. The zero-order valence-corrected chi connectivity index (χ0v) is 15.3. The summed E-state index contributed by atoms with van der Waals surface area (Å²) in [4.78, 5) is 12.8. The summed E-state index contributed by atoms with van der Waals surface area (Å²) in [5.41, 5.74) is 6.26. The molecule has 3 aromatic rings. The smallest absolute Gasteiger partial charge is 0.158 e. The quantitative estimate of drug-likeness (QED) is 0.525. The lowest BCUT2D eigenvalue weighted by atomic mass is 10.2. The predicted octanol–water partition coefficient (Wildman–Crippen LogP) is 3.18. The average molecular weight is 355 g/mol. The standard InChI is InChI=1S/C18H21N5OS/c1-12-13(2)25-18-16(12)17(19-11-20-18)22-21-10-14-4-6-15(7-5-14)23(3)8-9-24/h4-7,10-11,24H,8-9H2,1-3H3,(H,19,20,22)/b21-10+. The maximum Gasteiger partial charge on any atom is 0.158 e. The molecular weight excluding hydrogens is 334 g/mol. The van der Waals surface area contributed by atoms with Gasteiger partial charge in [-0.25, -0.2) is 9.97 Å². The Morgan fingerprint density at radius 3 is 2.72 bits per heavy atom. The molecule has 3 rings (SSSR count). The zero-order valence-electron chi connectivity index (χ0n) is 14.5. The highest BCUT2D eigenvalue weighted by Gasteiger charge is 2.11. The van der Waals surface area contributed by atoms with E-state index in [9.17, 15) is 0 Å². The lowest BCUT2D eigenvalue weighted by molar-refractivity contribution is 0.304. The number of aliphatic hydroxyl groups excluding tert-OH is 1. The molecule has 0 aliphatic carbocycles. The maximum atomic E-state index is 8.99. The zero-order chi connectivity index (χ0) is 17.8. The first-order valence-corrected chi connectivity index (χ1v) is 8.83. The third-order valence-electron chi connectivity index (χ3n) is 4.12. The molecule has 2 N–H and O–H groups in total. The van der Waals surface area contributed by atoms with Gasteiger partial charge in [-0.2, -0.15) is 5.10 Å². The number of aryl methyl sites for hydroxylation is 2. The van der Waals surface area contributed by atoms with Gasteiger partial charge in [0.25, 0.3) is 0 Å². The van der Waals surface area contributed by atoms with Crippen LogP contribution < -0.4 is 10.3 Å². The second-order valence-electron chi connectivity index (χ2n) is 5.79. The van der Waals surface area contributed by atoms with E-state index < -0.39 is 0 Å². The van der Waals surface area contributed by atoms with Crippen LogP contribution in [0.5, 0.6) is 0 Å². The fraction of sp³-hybridized carbons (Fsp3) is 0.278. The highest BCUT2D eigenvalue weighted by molar-refractivity contribution is 7.18. The van der Waals surface area contributed by atoms with Crippen molar-refractivity contribution in [2.24, 2.45) is 5.10 Å². The van der Waals surface area contributed by atoms with Gasteiger partial charge in [0.15, 0.2) is 5.82 Å². The number of hydrazone groups is 1. The van der Waals surface area contributed by atoms with Gasteiger partial charge in [0.2, 0.25) is 0 Å². The van der Waals surface area contributed by atoms with E-state index in [0.29, 0.717) is 6.54 Å². The highest BCUT2D eigenvalue weighted by Crippen LogP contribution is 2.32. The number of aliphatic hydroxyl groups is 1. The molecule has 130 valence electrons. The summed E-state index contributed by atoms with van der Waals surface area (Å²) in [5.74, 6) is 0.724. The monoisotopic (exact) mass is 355 g/mol. The van der Waals surface area contributed by atoms with Crippen LogP contribution in [0.15, 0.2) is 35.7 Å². The Morgan fingerprint density at radius 1 is 1.24 bits per heavy atom. The van der Waals surface area contributed by atoms with Crippen molar-refractivity contribution in [2.75, 3.05) is 30.5 Å². The van der Waals surface area contributed by atoms with Crippen LogP contribution in [0.2, 0.25) is 0 Å². The van der Waals surface area contributed by atoms with E-state index in [0.717, 1.165) is 27.3 Å². The molecule has 0 aliphatic heterocycles. The van der Waals surface area contributed by atoms with Crippen molar-refractivity contribution < 1.29 is 5.11 Å². The van der Waals surface area contributed by atoms with Crippen LogP contribution in [0, 0.1) is 13.8 Å². The minimum absolute atomic E-state index is 0.137. The van der Waals surface area contributed by atoms with Crippen molar-refractivity contribution in [3.8, 4) is 0 Å². The van der Waals surface area contributed by atoms with E-state index in [4.69, 9.17) is 5.11 Å². The third-order valence-corrected chi connectivity index (χ3v) is 5.23. The molecule has 2 aromatic heterocycles. The molecule has 1 aromatic carbocycles. The molecule has 25 heavy (non-hydrogen) atoms. The summed E-state index contributed by atoms with van der Waals surface area (Å²) < 4.78 is 0. The number of benzene rings is 1. The molecule has 0 unspecified atom stereocenters. The first-order valence-electron chi connectivity index (χ1n) is 8.02. The van der Waals surface area contributed by atoms with Crippen molar-refractivity contribution in [1.82, 2.24) is 9.97 Å². The molecule has 0 atom stereocenters. The Morgan fingerprint density at radius 2 is 2.00 bits per heavy atom. The van der Waals surface area contributed by atoms with Crippen LogP contribution in [0.4, 0.5) is 11.5 Å². The Labute approximate surface area is 150 Å². The number of aromatic nitrogens is 2. The fourth-order valence-corrected chi connectivity index (χ4v) is 3.53. The minimum Gasteiger partial charge on any atom is -0.395 e. The van der Waals surface area contributed by atoms with Gasteiger partial charge in [-0.05, 0) is 37.1 Å². The normalized spacial score (nSPS) is 11.4. The number of likely N-dealkylation sites (N-methyl/N-ethyl adjacent to an activating group) is 1. The van der Waals surface area contributed by atoms with Crippen molar-refractivity contribution in [3.05, 3.63) is 46.6 Å². The van der Waals surface area contributed by atoms with Gasteiger partial charge in [-0.1, -0.05) is 12.1 Å². The topological polar surface area (TPSA) is 73.6 Å². The molecule has 2 heterocycles. The molecule has 0 amide bonds. The number of fused-ring (bicyclic) bond motifs is 1. The van der Waals surface area contributed by atoms with E-state index in [1.165, 1.54) is 10.4 Å². The Hall–Kier alpha value is -2.51. The molecule has 0 radical (unpaired) electrons. The van der Waals surface area contributed by atoms with Crippen LogP contribution in [0.1, 0.15) is 16.0 Å². The lowest BCUT2D eigenvalue weighted by Gasteiger charge is -2.17. The maximum absolute atomic E-state index is 8.99. The van der Waals surface area contributed by atoms with Crippen LogP contribution in [-0.4, -0.2) is 41.5 Å². The average Bonchev–Trinajstić information content (AvgIpc) is 2.91. The molecule has 0 bridgehead atoms. The van der Waals surface area contributed by atoms with Crippen molar-refractivity contribution >= 4 is 39.3 Å². The number of nitrogens with zero attached hydrogens (tertiary/aromatic N) is 4. The second kappa shape index (κ2) is 7.58.